The fraction of sp³-hybridized carbons (Fsp3) is 0.176. The van der Waals surface area contributed by atoms with Gasteiger partial charge in [-0.2, -0.15) is 0 Å². The van der Waals surface area contributed by atoms with Crippen LogP contribution < -0.4 is 15.5 Å². The summed E-state index contributed by atoms with van der Waals surface area (Å²) in [5.74, 6) is 0.448. The van der Waals surface area contributed by atoms with Crippen LogP contribution in [0.3, 0.4) is 0 Å². The maximum Gasteiger partial charge on any atom is 0.257 e. The first-order valence-electron chi connectivity index (χ1n) is 7.91. The molecule has 0 radical (unpaired) electrons. The molecule has 1 fully saturated rings. The van der Waals surface area contributed by atoms with Crippen LogP contribution in [0.5, 0.6) is 0 Å². The van der Waals surface area contributed by atoms with Gasteiger partial charge in [0, 0.05) is 30.9 Å². The summed E-state index contributed by atoms with van der Waals surface area (Å²) in [6.45, 7) is 1.61. The van der Waals surface area contributed by atoms with E-state index in [2.05, 4.69) is 25.6 Å². The first-order chi connectivity index (χ1) is 12.2. The molecular formula is C17H16N6O2. The molecule has 3 aromatic rings. The molecule has 3 N–H and O–H groups in total. The van der Waals surface area contributed by atoms with Gasteiger partial charge in [-0.25, -0.2) is 9.97 Å². The lowest BCUT2D eigenvalue weighted by Crippen LogP contribution is -2.48. The van der Waals surface area contributed by atoms with Gasteiger partial charge in [0.1, 0.15) is 11.5 Å². The van der Waals surface area contributed by atoms with Gasteiger partial charge >= 0.3 is 0 Å². The standard InChI is InChI=1S/C17H16N6O2/c24-15-10-23(6-5-18-15)14-2-1-13(9-20-14)22-17(25)12-7-11-3-4-19-16(11)21-8-12/h1-4,7-9H,5-6,10H2,(H,18,24)(H,19,21)(H,22,25). The third-order valence-electron chi connectivity index (χ3n) is 4.03. The fourth-order valence-corrected chi connectivity index (χ4v) is 2.75. The number of aromatic nitrogens is 3. The molecule has 126 valence electrons. The highest BCUT2D eigenvalue weighted by atomic mass is 16.2. The van der Waals surface area contributed by atoms with Gasteiger partial charge < -0.3 is 20.5 Å². The molecule has 1 saturated heterocycles. The number of piperazine rings is 1. The maximum atomic E-state index is 12.4. The molecule has 2 amide bonds. The highest BCUT2D eigenvalue weighted by Crippen LogP contribution is 2.17. The number of hydrogen-bond donors (Lipinski definition) is 3. The molecule has 0 atom stereocenters. The normalized spacial score (nSPS) is 14.4. The molecule has 1 aliphatic heterocycles. The molecule has 0 aliphatic carbocycles. The third kappa shape index (κ3) is 3.14. The Kier molecular flexibility index (Phi) is 3.77. The van der Waals surface area contributed by atoms with Crippen LogP contribution >= 0.6 is 0 Å². The summed E-state index contributed by atoms with van der Waals surface area (Å²) in [6.07, 6.45) is 4.90. The lowest BCUT2D eigenvalue weighted by molar-refractivity contribution is -0.120. The number of H-pyrrole nitrogens is 1. The van der Waals surface area contributed by atoms with E-state index in [1.54, 1.807) is 30.6 Å². The van der Waals surface area contributed by atoms with E-state index in [0.717, 1.165) is 11.0 Å². The molecule has 0 aromatic carbocycles. The lowest BCUT2D eigenvalue weighted by atomic mass is 10.2. The van der Waals surface area contributed by atoms with Gasteiger partial charge in [-0.3, -0.25) is 9.59 Å². The van der Waals surface area contributed by atoms with Crippen LogP contribution in [-0.4, -0.2) is 46.4 Å². The number of nitrogens with one attached hydrogen (secondary N) is 3. The minimum Gasteiger partial charge on any atom is -0.353 e. The highest BCUT2D eigenvalue weighted by molar-refractivity contribution is 6.05. The Morgan fingerprint density at radius 2 is 2.12 bits per heavy atom. The van der Waals surface area contributed by atoms with Crippen molar-refractivity contribution in [2.24, 2.45) is 0 Å². The number of amides is 2. The van der Waals surface area contributed by atoms with Gasteiger partial charge in [0.15, 0.2) is 0 Å². The molecule has 8 heteroatoms. The van der Waals surface area contributed by atoms with E-state index in [9.17, 15) is 9.59 Å². The molecule has 1 aliphatic rings. The van der Waals surface area contributed by atoms with Crippen LogP contribution in [0.4, 0.5) is 11.5 Å². The van der Waals surface area contributed by atoms with Crippen LogP contribution in [0.25, 0.3) is 11.0 Å². The zero-order valence-corrected chi connectivity index (χ0v) is 13.3. The van der Waals surface area contributed by atoms with Crippen molar-refractivity contribution in [3.8, 4) is 0 Å². The number of rotatable bonds is 3. The molecule has 25 heavy (non-hydrogen) atoms. The lowest BCUT2D eigenvalue weighted by Gasteiger charge is -2.27. The van der Waals surface area contributed by atoms with Crippen molar-refractivity contribution in [3.05, 3.63) is 48.4 Å². The number of hydrogen-bond acceptors (Lipinski definition) is 5. The quantitative estimate of drug-likeness (QED) is 0.666. The molecular weight excluding hydrogens is 320 g/mol. The third-order valence-corrected chi connectivity index (χ3v) is 4.03. The van der Waals surface area contributed by atoms with Crippen LogP contribution in [0, 0.1) is 0 Å². The van der Waals surface area contributed by atoms with E-state index in [1.807, 2.05) is 11.0 Å². The monoisotopic (exact) mass is 336 g/mol. The summed E-state index contributed by atoms with van der Waals surface area (Å²) in [4.78, 5) is 37.2. The largest absolute Gasteiger partial charge is 0.353 e. The van der Waals surface area contributed by atoms with Crippen molar-refractivity contribution in [1.29, 1.82) is 0 Å². The van der Waals surface area contributed by atoms with Crippen LogP contribution in [-0.2, 0) is 4.79 Å². The van der Waals surface area contributed by atoms with Crippen LogP contribution in [0.2, 0.25) is 0 Å². The summed E-state index contributed by atoms with van der Waals surface area (Å²) in [6, 6.07) is 7.21. The number of carbonyl (C=O) groups is 2. The molecule has 4 rings (SSSR count). The second kappa shape index (κ2) is 6.23. The molecule has 3 aromatic heterocycles. The highest BCUT2D eigenvalue weighted by Gasteiger charge is 2.17. The Labute approximate surface area is 143 Å². The Morgan fingerprint density at radius 3 is 2.92 bits per heavy atom. The minimum absolute atomic E-state index is 0.0157. The minimum atomic E-state index is -0.248. The zero-order chi connectivity index (χ0) is 17.2. The summed E-state index contributed by atoms with van der Waals surface area (Å²) in [7, 11) is 0. The smallest absolute Gasteiger partial charge is 0.257 e. The van der Waals surface area contributed by atoms with Crippen molar-refractivity contribution in [3.63, 3.8) is 0 Å². The van der Waals surface area contributed by atoms with E-state index in [4.69, 9.17) is 0 Å². The molecule has 0 unspecified atom stereocenters. The van der Waals surface area contributed by atoms with Crippen molar-refractivity contribution in [2.45, 2.75) is 0 Å². The second-order valence-corrected chi connectivity index (χ2v) is 5.77. The molecule has 0 spiro atoms. The van der Waals surface area contributed by atoms with Gasteiger partial charge in [0.25, 0.3) is 5.91 Å². The predicted molar refractivity (Wildman–Crippen MR) is 93.5 cm³/mol. The van der Waals surface area contributed by atoms with Crippen LogP contribution in [0.15, 0.2) is 42.9 Å². The number of aromatic amines is 1. The van der Waals surface area contributed by atoms with Crippen LogP contribution in [0.1, 0.15) is 10.4 Å². The molecule has 0 saturated carbocycles. The van der Waals surface area contributed by atoms with E-state index in [1.165, 1.54) is 6.20 Å². The predicted octanol–water partition coefficient (Wildman–Crippen LogP) is 1.15. The average molecular weight is 336 g/mol. The molecule has 8 nitrogen and oxygen atoms in total. The van der Waals surface area contributed by atoms with Gasteiger partial charge in [0.05, 0.1) is 24.0 Å². The van der Waals surface area contributed by atoms with Gasteiger partial charge in [-0.15, -0.1) is 0 Å². The number of nitrogens with zero attached hydrogens (tertiary/aromatic N) is 3. The topological polar surface area (TPSA) is 103 Å². The Bertz CT molecular complexity index is 934. The average Bonchev–Trinajstić information content (AvgIpc) is 3.10. The molecule has 4 heterocycles. The van der Waals surface area contributed by atoms with E-state index in [0.29, 0.717) is 36.7 Å². The first kappa shape index (κ1) is 15.1. The van der Waals surface area contributed by atoms with E-state index >= 15 is 0 Å². The summed E-state index contributed by atoms with van der Waals surface area (Å²) in [5.41, 5.74) is 1.81. The summed E-state index contributed by atoms with van der Waals surface area (Å²) in [5, 5.41) is 6.46. The summed E-state index contributed by atoms with van der Waals surface area (Å²) >= 11 is 0. The second-order valence-electron chi connectivity index (χ2n) is 5.77. The maximum absolute atomic E-state index is 12.4. The molecule has 0 bridgehead atoms. The van der Waals surface area contributed by atoms with E-state index in [-0.39, 0.29) is 11.8 Å². The zero-order valence-electron chi connectivity index (χ0n) is 13.3. The van der Waals surface area contributed by atoms with Crippen molar-refractivity contribution in [1.82, 2.24) is 20.3 Å². The van der Waals surface area contributed by atoms with E-state index < -0.39 is 0 Å². The number of fused-ring (bicyclic) bond motifs is 1. The number of anilines is 2. The first-order valence-corrected chi connectivity index (χ1v) is 7.91. The fourth-order valence-electron chi connectivity index (χ4n) is 2.75. The Morgan fingerprint density at radius 1 is 1.20 bits per heavy atom. The Hall–Kier alpha value is -3.42. The van der Waals surface area contributed by atoms with Crippen molar-refractivity contribution >= 4 is 34.4 Å². The number of pyridine rings is 2. The van der Waals surface area contributed by atoms with Crippen molar-refractivity contribution < 1.29 is 9.59 Å². The summed E-state index contributed by atoms with van der Waals surface area (Å²) < 4.78 is 0. The SMILES string of the molecule is O=C1CN(c2ccc(NC(=O)c3cnc4[nH]ccc4c3)cn2)CCN1. The number of carbonyl (C=O) groups excluding carboxylic acids is 2. The van der Waals surface area contributed by atoms with Gasteiger partial charge in [-0.1, -0.05) is 0 Å². The van der Waals surface area contributed by atoms with Gasteiger partial charge in [0.2, 0.25) is 5.91 Å². The van der Waals surface area contributed by atoms with Gasteiger partial charge in [-0.05, 0) is 24.3 Å². The van der Waals surface area contributed by atoms with Crippen molar-refractivity contribution in [2.75, 3.05) is 29.9 Å². The Balaban J connectivity index is 1.46.